The van der Waals surface area contributed by atoms with E-state index in [-0.39, 0.29) is 6.61 Å². The molecule has 0 atom stereocenters. The van der Waals surface area contributed by atoms with Gasteiger partial charge in [0.2, 0.25) is 0 Å². The highest BCUT2D eigenvalue weighted by Crippen LogP contribution is 2.08. The SMILES string of the molecule is Cc1cncc(NCc2cn(CCO)nn2)c1. The first-order valence-corrected chi connectivity index (χ1v) is 5.43. The molecule has 0 aliphatic rings. The van der Waals surface area contributed by atoms with Crippen LogP contribution in [0.1, 0.15) is 11.3 Å². The maximum atomic E-state index is 8.75. The molecule has 6 heteroatoms. The maximum absolute atomic E-state index is 8.75. The molecule has 0 bridgehead atoms. The van der Waals surface area contributed by atoms with Gasteiger partial charge in [0, 0.05) is 12.4 Å². The minimum atomic E-state index is 0.0675. The van der Waals surface area contributed by atoms with Gasteiger partial charge in [0.25, 0.3) is 0 Å². The van der Waals surface area contributed by atoms with E-state index in [1.807, 2.05) is 25.4 Å². The number of rotatable bonds is 5. The molecule has 0 unspecified atom stereocenters. The smallest absolute Gasteiger partial charge is 0.102 e. The Morgan fingerprint density at radius 3 is 3.06 bits per heavy atom. The van der Waals surface area contributed by atoms with Crippen LogP contribution in [0.25, 0.3) is 0 Å². The average Bonchev–Trinajstić information content (AvgIpc) is 2.75. The van der Waals surface area contributed by atoms with Crippen molar-refractivity contribution in [3.05, 3.63) is 35.9 Å². The van der Waals surface area contributed by atoms with Crippen molar-refractivity contribution in [3.63, 3.8) is 0 Å². The summed E-state index contributed by atoms with van der Waals surface area (Å²) >= 11 is 0. The van der Waals surface area contributed by atoms with E-state index in [0.717, 1.165) is 16.9 Å². The first kappa shape index (κ1) is 11.5. The molecule has 0 spiro atoms. The van der Waals surface area contributed by atoms with Gasteiger partial charge in [-0.25, -0.2) is 4.68 Å². The Hall–Kier alpha value is -1.95. The minimum Gasteiger partial charge on any atom is -0.394 e. The van der Waals surface area contributed by atoms with Crippen LogP contribution in [-0.2, 0) is 13.1 Å². The molecule has 90 valence electrons. The Labute approximate surface area is 99.3 Å². The molecule has 0 aliphatic heterocycles. The van der Waals surface area contributed by atoms with Crippen molar-refractivity contribution in [2.75, 3.05) is 11.9 Å². The molecule has 6 nitrogen and oxygen atoms in total. The third-order valence-electron chi connectivity index (χ3n) is 2.26. The highest BCUT2D eigenvalue weighted by Gasteiger charge is 2.00. The Morgan fingerprint density at radius 1 is 1.41 bits per heavy atom. The maximum Gasteiger partial charge on any atom is 0.102 e. The topological polar surface area (TPSA) is 75.9 Å². The van der Waals surface area contributed by atoms with Crippen LogP contribution in [0.4, 0.5) is 5.69 Å². The van der Waals surface area contributed by atoms with Gasteiger partial charge in [0.15, 0.2) is 0 Å². The van der Waals surface area contributed by atoms with E-state index in [0.29, 0.717) is 13.1 Å². The normalized spacial score (nSPS) is 10.5. The lowest BCUT2D eigenvalue weighted by molar-refractivity contribution is 0.268. The van der Waals surface area contributed by atoms with Gasteiger partial charge in [-0.05, 0) is 18.6 Å². The average molecular weight is 233 g/mol. The van der Waals surface area contributed by atoms with Crippen molar-refractivity contribution in [3.8, 4) is 0 Å². The summed E-state index contributed by atoms with van der Waals surface area (Å²) in [6.45, 7) is 3.13. The van der Waals surface area contributed by atoms with E-state index in [4.69, 9.17) is 5.11 Å². The Morgan fingerprint density at radius 2 is 2.29 bits per heavy atom. The van der Waals surface area contributed by atoms with E-state index in [9.17, 15) is 0 Å². The predicted octanol–water partition coefficient (Wildman–Crippen LogP) is 0.586. The number of aryl methyl sites for hydroxylation is 1. The van der Waals surface area contributed by atoms with Gasteiger partial charge >= 0.3 is 0 Å². The van der Waals surface area contributed by atoms with E-state index in [1.54, 1.807) is 10.9 Å². The second-order valence-electron chi connectivity index (χ2n) is 3.80. The summed E-state index contributed by atoms with van der Waals surface area (Å²) in [6, 6.07) is 2.02. The van der Waals surface area contributed by atoms with E-state index in [2.05, 4.69) is 20.6 Å². The van der Waals surface area contributed by atoms with Crippen LogP contribution in [0.15, 0.2) is 24.7 Å². The molecule has 2 heterocycles. The highest BCUT2D eigenvalue weighted by molar-refractivity contribution is 5.42. The molecular formula is C11H15N5O. The minimum absolute atomic E-state index is 0.0675. The van der Waals surface area contributed by atoms with Crippen LogP contribution in [0, 0.1) is 6.92 Å². The summed E-state index contributed by atoms with van der Waals surface area (Å²) in [5, 5.41) is 19.8. The molecule has 2 aromatic heterocycles. The lowest BCUT2D eigenvalue weighted by atomic mass is 10.3. The van der Waals surface area contributed by atoms with Gasteiger partial charge in [-0.2, -0.15) is 0 Å². The van der Waals surface area contributed by atoms with Gasteiger partial charge in [-0.1, -0.05) is 5.21 Å². The van der Waals surface area contributed by atoms with Gasteiger partial charge < -0.3 is 10.4 Å². The van der Waals surface area contributed by atoms with E-state index in [1.165, 1.54) is 0 Å². The fourth-order valence-corrected chi connectivity index (χ4v) is 1.48. The summed E-state index contributed by atoms with van der Waals surface area (Å²) in [5.74, 6) is 0. The molecule has 0 saturated heterocycles. The van der Waals surface area contributed by atoms with Crippen LogP contribution in [0.5, 0.6) is 0 Å². The van der Waals surface area contributed by atoms with Gasteiger partial charge in [0.05, 0.1) is 31.6 Å². The van der Waals surface area contributed by atoms with Crippen molar-refractivity contribution in [2.24, 2.45) is 0 Å². The zero-order chi connectivity index (χ0) is 12.1. The Kier molecular flexibility index (Phi) is 3.66. The highest BCUT2D eigenvalue weighted by atomic mass is 16.3. The number of aliphatic hydroxyl groups excluding tert-OH is 1. The van der Waals surface area contributed by atoms with E-state index >= 15 is 0 Å². The third-order valence-corrected chi connectivity index (χ3v) is 2.26. The number of nitrogens with one attached hydrogen (secondary N) is 1. The van der Waals surface area contributed by atoms with Crippen LogP contribution in [0.2, 0.25) is 0 Å². The summed E-state index contributed by atoms with van der Waals surface area (Å²) in [4.78, 5) is 4.09. The van der Waals surface area contributed by atoms with Crippen molar-refractivity contribution in [1.29, 1.82) is 0 Å². The van der Waals surface area contributed by atoms with Gasteiger partial charge in [-0.3, -0.25) is 4.98 Å². The Bertz CT molecular complexity index is 482. The fourth-order valence-electron chi connectivity index (χ4n) is 1.48. The zero-order valence-electron chi connectivity index (χ0n) is 9.67. The molecule has 0 saturated carbocycles. The molecule has 2 N–H and O–H groups in total. The second kappa shape index (κ2) is 5.40. The number of pyridine rings is 1. The predicted molar refractivity (Wildman–Crippen MR) is 63.4 cm³/mol. The lowest BCUT2D eigenvalue weighted by Crippen LogP contribution is -2.02. The largest absolute Gasteiger partial charge is 0.394 e. The number of anilines is 1. The van der Waals surface area contributed by atoms with Gasteiger partial charge in [0.1, 0.15) is 5.69 Å². The summed E-state index contributed by atoms with van der Waals surface area (Å²) in [5.41, 5.74) is 2.90. The fraction of sp³-hybridized carbons (Fsp3) is 0.364. The van der Waals surface area contributed by atoms with Crippen molar-refractivity contribution >= 4 is 5.69 Å². The van der Waals surface area contributed by atoms with Crippen LogP contribution >= 0.6 is 0 Å². The molecule has 0 fully saturated rings. The number of hydrogen-bond acceptors (Lipinski definition) is 5. The van der Waals surface area contributed by atoms with Crippen LogP contribution in [0.3, 0.4) is 0 Å². The molecule has 2 aromatic rings. The monoisotopic (exact) mass is 233 g/mol. The molecule has 0 aliphatic carbocycles. The molecule has 0 radical (unpaired) electrons. The zero-order valence-corrected chi connectivity index (χ0v) is 9.67. The molecule has 0 aromatic carbocycles. The molecule has 17 heavy (non-hydrogen) atoms. The van der Waals surface area contributed by atoms with Crippen molar-refractivity contribution in [2.45, 2.75) is 20.0 Å². The van der Waals surface area contributed by atoms with Gasteiger partial charge in [-0.15, -0.1) is 5.10 Å². The summed E-state index contributed by atoms with van der Waals surface area (Å²) < 4.78 is 1.62. The van der Waals surface area contributed by atoms with Crippen molar-refractivity contribution in [1.82, 2.24) is 20.0 Å². The molecular weight excluding hydrogens is 218 g/mol. The Balaban J connectivity index is 1.93. The molecule has 2 rings (SSSR count). The number of aromatic nitrogens is 4. The second-order valence-corrected chi connectivity index (χ2v) is 3.80. The first-order chi connectivity index (χ1) is 8.28. The number of aliphatic hydroxyl groups is 1. The number of hydrogen-bond donors (Lipinski definition) is 2. The third kappa shape index (κ3) is 3.25. The van der Waals surface area contributed by atoms with Crippen LogP contribution in [-0.4, -0.2) is 31.7 Å². The lowest BCUT2D eigenvalue weighted by Gasteiger charge is -2.03. The van der Waals surface area contributed by atoms with E-state index < -0.39 is 0 Å². The summed E-state index contributed by atoms with van der Waals surface area (Å²) in [7, 11) is 0. The number of nitrogens with zero attached hydrogens (tertiary/aromatic N) is 4. The first-order valence-electron chi connectivity index (χ1n) is 5.43. The standard InChI is InChI=1S/C11H15N5O/c1-9-4-10(6-12-5-9)13-7-11-8-16(2-3-17)15-14-11/h4-6,8,13,17H,2-3,7H2,1H3. The van der Waals surface area contributed by atoms with Crippen molar-refractivity contribution < 1.29 is 5.11 Å². The molecule has 0 amide bonds. The quantitative estimate of drug-likeness (QED) is 0.790. The van der Waals surface area contributed by atoms with Crippen LogP contribution < -0.4 is 5.32 Å². The summed E-state index contributed by atoms with van der Waals surface area (Å²) in [6.07, 6.45) is 5.39.